The van der Waals surface area contributed by atoms with Crippen molar-refractivity contribution in [2.75, 3.05) is 13.4 Å². The lowest BCUT2D eigenvalue weighted by molar-refractivity contribution is -0.0206. The first-order valence-corrected chi connectivity index (χ1v) is 8.35. The monoisotopic (exact) mass is 298 g/mol. The van der Waals surface area contributed by atoms with Gasteiger partial charge in [0, 0.05) is 13.4 Å². The summed E-state index contributed by atoms with van der Waals surface area (Å²) in [5.41, 5.74) is 0.245. The van der Waals surface area contributed by atoms with Gasteiger partial charge in [0.05, 0.1) is 16.6 Å². The van der Waals surface area contributed by atoms with E-state index in [1.807, 2.05) is 0 Å². The third-order valence-corrected chi connectivity index (χ3v) is 4.56. The number of sulfone groups is 1. The number of rotatable bonds is 4. The lowest BCUT2D eigenvalue weighted by atomic mass is 10.2. The highest BCUT2D eigenvalue weighted by Gasteiger charge is 2.30. The zero-order valence-corrected chi connectivity index (χ0v) is 12.4. The molecule has 0 aliphatic heterocycles. The van der Waals surface area contributed by atoms with E-state index in [2.05, 4.69) is 0 Å². The zero-order chi connectivity index (χ0) is 14.8. The summed E-state index contributed by atoms with van der Waals surface area (Å²) < 4.78 is 33.6. The lowest BCUT2D eigenvalue weighted by Crippen LogP contribution is -2.27. The number of carbonyl (C=O) groups is 1. The minimum Gasteiger partial charge on any atom is -0.456 e. The lowest BCUT2D eigenvalue weighted by Gasteiger charge is -2.18. The fourth-order valence-corrected chi connectivity index (χ4v) is 3.02. The number of carbonyl (C=O) groups excluding carboxylic acids is 1. The van der Waals surface area contributed by atoms with Crippen LogP contribution in [0.2, 0.25) is 0 Å². The van der Waals surface area contributed by atoms with E-state index in [-0.39, 0.29) is 22.7 Å². The zero-order valence-electron chi connectivity index (χ0n) is 11.5. The number of hydrogen-bond acceptors (Lipinski definition) is 5. The van der Waals surface area contributed by atoms with Gasteiger partial charge < -0.3 is 9.47 Å². The van der Waals surface area contributed by atoms with Crippen molar-refractivity contribution in [2.45, 2.75) is 36.4 Å². The first kappa shape index (κ1) is 15.0. The van der Waals surface area contributed by atoms with E-state index in [9.17, 15) is 13.2 Å². The third-order valence-electron chi connectivity index (χ3n) is 3.45. The van der Waals surface area contributed by atoms with Crippen LogP contribution in [-0.2, 0) is 19.3 Å². The molecule has 1 aromatic rings. The summed E-state index contributed by atoms with van der Waals surface area (Å²) in [6, 6.07) is 5.89. The molecule has 0 N–H and O–H groups in total. The number of ether oxygens (including phenoxy) is 2. The Morgan fingerprint density at radius 1 is 1.25 bits per heavy atom. The van der Waals surface area contributed by atoms with Crippen molar-refractivity contribution in [3.05, 3.63) is 29.8 Å². The summed E-state index contributed by atoms with van der Waals surface area (Å²) in [5.74, 6) is -0.510. The SMILES string of the molecule is CO[C@H]1CCC[C@H]1OC(=O)c1cccc(S(C)(=O)=O)c1. The summed E-state index contributed by atoms with van der Waals surface area (Å²) in [6.07, 6.45) is 3.38. The summed E-state index contributed by atoms with van der Waals surface area (Å²) in [5, 5.41) is 0. The van der Waals surface area contributed by atoms with Gasteiger partial charge in [-0.3, -0.25) is 0 Å². The van der Waals surface area contributed by atoms with Crippen LogP contribution in [0.25, 0.3) is 0 Å². The number of benzene rings is 1. The van der Waals surface area contributed by atoms with Gasteiger partial charge in [-0.2, -0.15) is 0 Å². The van der Waals surface area contributed by atoms with Crippen molar-refractivity contribution in [2.24, 2.45) is 0 Å². The Balaban J connectivity index is 2.14. The van der Waals surface area contributed by atoms with Crippen LogP contribution in [0.4, 0.5) is 0 Å². The quantitative estimate of drug-likeness (QED) is 0.793. The Hall–Kier alpha value is -1.40. The van der Waals surface area contributed by atoms with Gasteiger partial charge in [-0.25, -0.2) is 13.2 Å². The van der Waals surface area contributed by atoms with E-state index in [0.29, 0.717) is 0 Å². The van der Waals surface area contributed by atoms with Gasteiger partial charge >= 0.3 is 5.97 Å². The van der Waals surface area contributed by atoms with Crippen molar-refractivity contribution < 1.29 is 22.7 Å². The summed E-state index contributed by atoms with van der Waals surface area (Å²) in [4.78, 5) is 12.2. The molecule has 0 spiro atoms. The van der Waals surface area contributed by atoms with Crippen LogP contribution in [0.5, 0.6) is 0 Å². The Morgan fingerprint density at radius 2 is 1.95 bits per heavy atom. The van der Waals surface area contributed by atoms with Crippen LogP contribution in [0, 0.1) is 0 Å². The van der Waals surface area contributed by atoms with Crippen LogP contribution in [0.3, 0.4) is 0 Å². The Kier molecular flexibility index (Phi) is 4.45. The number of hydrogen-bond donors (Lipinski definition) is 0. The average molecular weight is 298 g/mol. The van der Waals surface area contributed by atoms with Gasteiger partial charge in [0.25, 0.3) is 0 Å². The van der Waals surface area contributed by atoms with E-state index in [1.165, 1.54) is 18.2 Å². The van der Waals surface area contributed by atoms with Crippen LogP contribution >= 0.6 is 0 Å². The van der Waals surface area contributed by atoms with E-state index in [4.69, 9.17) is 9.47 Å². The second-order valence-electron chi connectivity index (χ2n) is 4.95. The largest absolute Gasteiger partial charge is 0.456 e. The molecule has 2 rings (SSSR count). The molecule has 0 heterocycles. The smallest absolute Gasteiger partial charge is 0.338 e. The van der Waals surface area contributed by atoms with Gasteiger partial charge in [0.1, 0.15) is 6.10 Å². The molecule has 20 heavy (non-hydrogen) atoms. The van der Waals surface area contributed by atoms with E-state index in [1.54, 1.807) is 13.2 Å². The second-order valence-corrected chi connectivity index (χ2v) is 6.96. The predicted molar refractivity (Wildman–Crippen MR) is 73.4 cm³/mol. The maximum atomic E-state index is 12.1. The van der Waals surface area contributed by atoms with Crippen molar-refractivity contribution >= 4 is 15.8 Å². The molecule has 110 valence electrons. The molecule has 0 saturated heterocycles. The maximum absolute atomic E-state index is 12.1. The summed E-state index contributed by atoms with van der Waals surface area (Å²) >= 11 is 0. The number of methoxy groups -OCH3 is 1. The Bertz CT molecular complexity index is 593. The standard InChI is InChI=1S/C14H18O5S/c1-18-12-7-4-8-13(12)19-14(15)10-5-3-6-11(9-10)20(2,16)17/h3,5-6,9,12-13H,4,7-8H2,1-2H3/t12-,13+/m0/s1. The predicted octanol–water partition coefficient (Wildman–Crippen LogP) is 1.81. The van der Waals surface area contributed by atoms with Crippen molar-refractivity contribution in [1.82, 2.24) is 0 Å². The molecule has 6 heteroatoms. The van der Waals surface area contributed by atoms with E-state index >= 15 is 0 Å². The normalized spacial score (nSPS) is 22.7. The van der Waals surface area contributed by atoms with Crippen LogP contribution in [0.1, 0.15) is 29.6 Å². The van der Waals surface area contributed by atoms with Crippen LogP contribution < -0.4 is 0 Å². The fraction of sp³-hybridized carbons (Fsp3) is 0.500. The van der Waals surface area contributed by atoms with E-state index < -0.39 is 15.8 Å². The van der Waals surface area contributed by atoms with Gasteiger partial charge in [-0.05, 0) is 37.5 Å². The fourth-order valence-electron chi connectivity index (χ4n) is 2.36. The minimum atomic E-state index is -3.33. The molecule has 5 nitrogen and oxygen atoms in total. The topological polar surface area (TPSA) is 69.7 Å². The summed E-state index contributed by atoms with van der Waals surface area (Å²) in [6.45, 7) is 0. The summed E-state index contributed by atoms with van der Waals surface area (Å²) in [7, 11) is -1.74. The first-order valence-electron chi connectivity index (χ1n) is 6.45. The molecule has 0 unspecified atom stereocenters. The molecule has 0 aromatic heterocycles. The molecule has 0 amide bonds. The Labute approximate surface area is 118 Å². The van der Waals surface area contributed by atoms with Gasteiger partial charge in [0.15, 0.2) is 9.84 Å². The van der Waals surface area contributed by atoms with Crippen LogP contribution in [-0.4, -0.2) is 40.0 Å². The average Bonchev–Trinajstić information content (AvgIpc) is 2.85. The highest BCUT2D eigenvalue weighted by molar-refractivity contribution is 7.90. The molecule has 1 aromatic carbocycles. The number of esters is 1. The van der Waals surface area contributed by atoms with Crippen molar-refractivity contribution in [3.63, 3.8) is 0 Å². The van der Waals surface area contributed by atoms with Gasteiger partial charge in [-0.1, -0.05) is 6.07 Å². The molecule has 2 atom stereocenters. The van der Waals surface area contributed by atoms with Crippen molar-refractivity contribution in [1.29, 1.82) is 0 Å². The second kappa shape index (κ2) is 5.93. The maximum Gasteiger partial charge on any atom is 0.338 e. The van der Waals surface area contributed by atoms with Gasteiger partial charge in [0.2, 0.25) is 0 Å². The van der Waals surface area contributed by atoms with E-state index in [0.717, 1.165) is 25.5 Å². The molecule has 1 aliphatic rings. The molecule has 0 radical (unpaired) electrons. The molecule has 1 saturated carbocycles. The molecule has 0 bridgehead atoms. The van der Waals surface area contributed by atoms with Gasteiger partial charge in [-0.15, -0.1) is 0 Å². The molecule has 1 aliphatic carbocycles. The molecule has 1 fully saturated rings. The first-order chi connectivity index (χ1) is 9.41. The van der Waals surface area contributed by atoms with Crippen LogP contribution in [0.15, 0.2) is 29.2 Å². The Morgan fingerprint density at radius 3 is 2.60 bits per heavy atom. The molecular formula is C14H18O5S. The highest BCUT2D eigenvalue weighted by atomic mass is 32.2. The van der Waals surface area contributed by atoms with Crippen molar-refractivity contribution in [3.8, 4) is 0 Å². The highest BCUT2D eigenvalue weighted by Crippen LogP contribution is 2.25. The molecular weight excluding hydrogens is 280 g/mol. The third kappa shape index (κ3) is 3.37. The minimum absolute atomic E-state index is 0.0722.